The van der Waals surface area contributed by atoms with E-state index in [-0.39, 0.29) is 5.78 Å². The highest BCUT2D eigenvalue weighted by atomic mass is 16.1. The maximum Gasteiger partial charge on any atom is 0.213 e. The zero-order valence-electron chi connectivity index (χ0n) is 11.6. The van der Waals surface area contributed by atoms with Gasteiger partial charge in [-0.25, -0.2) is 4.98 Å². The van der Waals surface area contributed by atoms with E-state index in [4.69, 9.17) is 5.73 Å². The Morgan fingerprint density at radius 2 is 1.89 bits per heavy atom. The van der Waals surface area contributed by atoms with E-state index in [0.717, 1.165) is 16.7 Å². The van der Waals surface area contributed by atoms with E-state index in [0.29, 0.717) is 18.8 Å². The lowest BCUT2D eigenvalue weighted by atomic mass is 9.97. The van der Waals surface area contributed by atoms with Gasteiger partial charge in [0.05, 0.1) is 6.33 Å². The smallest absolute Gasteiger partial charge is 0.213 e. The van der Waals surface area contributed by atoms with Crippen molar-refractivity contribution in [2.45, 2.75) is 27.3 Å². The van der Waals surface area contributed by atoms with Crippen LogP contribution in [0, 0.1) is 20.8 Å². The minimum absolute atomic E-state index is 0.0311. The van der Waals surface area contributed by atoms with E-state index in [1.54, 1.807) is 12.5 Å². The molecule has 1 aromatic heterocycles. The van der Waals surface area contributed by atoms with Gasteiger partial charge in [-0.3, -0.25) is 4.79 Å². The van der Waals surface area contributed by atoms with Crippen LogP contribution in [0.3, 0.4) is 0 Å². The molecule has 0 atom stereocenters. The molecule has 2 aromatic rings. The number of aromatic nitrogens is 2. The quantitative estimate of drug-likeness (QED) is 0.852. The average molecular weight is 257 g/mol. The molecule has 0 fully saturated rings. The summed E-state index contributed by atoms with van der Waals surface area (Å²) in [5.74, 6) is -0.0311. The maximum atomic E-state index is 12.4. The Labute approximate surface area is 113 Å². The predicted octanol–water partition coefficient (Wildman–Crippen LogP) is 2.00. The van der Waals surface area contributed by atoms with Crippen molar-refractivity contribution in [3.63, 3.8) is 0 Å². The van der Waals surface area contributed by atoms with Gasteiger partial charge in [0, 0.05) is 24.8 Å². The van der Waals surface area contributed by atoms with Gasteiger partial charge in [0.25, 0.3) is 0 Å². The van der Waals surface area contributed by atoms with E-state index >= 15 is 0 Å². The van der Waals surface area contributed by atoms with Crippen molar-refractivity contribution in [1.29, 1.82) is 0 Å². The number of hydrogen-bond donors (Lipinski definition) is 1. The molecule has 0 spiro atoms. The molecule has 0 radical (unpaired) electrons. The van der Waals surface area contributed by atoms with Crippen molar-refractivity contribution in [2.75, 3.05) is 6.54 Å². The summed E-state index contributed by atoms with van der Waals surface area (Å²) in [7, 11) is 0. The summed E-state index contributed by atoms with van der Waals surface area (Å²) in [6.45, 7) is 7.22. The minimum atomic E-state index is -0.0311. The van der Waals surface area contributed by atoms with Crippen LogP contribution in [0.2, 0.25) is 0 Å². The summed E-state index contributed by atoms with van der Waals surface area (Å²) in [6.07, 6.45) is 3.40. The van der Waals surface area contributed by atoms with Crippen molar-refractivity contribution in [1.82, 2.24) is 9.55 Å². The lowest BCUT2D eigenvalue weighted by molar-refractivity contribution is 0.103. The Morgan fingerprint density at radius 3 is 2.58 bits per heavy atom. The first-order chi connectivity index (χ1) is 9.02. The third-order valence-corrected chi connectivity index (χ3v) is 3.34. The Kier molecular flexibility index (Phi) is 3.81. The molecule has 2 N–H and O–H groups in total. The molecule has 0 bridgehead atoms. The maximum absolute atomic E-state index is 12.4. The van der Waals surface area contributed by atoms with Crippen molar-refractivity contribution < 1.29 is 4.79 Å². The molecule has 0 saturated carbocycles. The molecule has 4 nitrogen and oxygen atoms in total. The van der Waals surface area contributed by atoms with Gasteiger partial charge >= 0.3 is 0 Å². The van der Waals surface area contributed by atoms with E-state index in [1.165, 1.54) is 5.56 Å². The SMILES string of the molecule is Cc1cc(C)c(C(=O)c2cn(CCN)cn2)cc1C. The number of aryl methyl sites for hydroxylation is 3. The summed E-state index contributed by atoms with van der Waals surface area (Å²) in [5.41, 5.74) is 9.98. The Hall–Kier alpha value is -1.94. The zero-order chi connectivity index (χ0) is 14.0. The molecular formula is C15H19N3O. The zero-order valence-corrected chi connectivity index (χ0v) is 11.6. The number of ketones is 1. The second-order valence-corrected chi connectivity index (χ2v) is 4.87. The van der Waals surface area contributed by atoms with E-state index in [2.05, 4.69) is 4.98 Å². The number of nitrogens with zero attached hydrogens (tertiary/aromatic N) is 2. The van der Waals surface area contributed by atoms with Crippen LogP contribution in [0.25, 0.3) is 0 Å². The Bertz CT molecular complexity index is 614. The molecule has 0 saturated heterocycles. The van der Waals surface area contributed by atoms with Crippen LogP contribution in [0.15, 0.2) is 24.7 Å². The minimum Gasteiger partial charge on any atom is -0.335 e. The fourth-order valence-corrected chi connectivity index (χ4v) is 2.09. The van der Waals surface area contributed by atoms with E-state index in [1.807, 2.05) is 37.5 Å². The summed E-state index contributed by atoms with van der Waals surface area (Å²) in [6, 6.07) is 3.98. The van der Waals surface area contributed by atoms with Crippen LogP contribution in [0.1, 0.15) is 32.7 Å². The number of nitrogens with two attached hydrogens (primary N) is 1. The fraction of sp³-hybridized carbons (Fsp3) is 0.333. The number of imidazole rings is 1. The van der Waals surface area contributed by atoms with Gasteiger partial charge in [0.1, 0.15) is 5.69 Å². The molecule has 0 amide bonds. The monoisotopic (exact) mass is 257 g/mol. The van der Waals surface area contributed by atoms with Crippen LogP contribution in [0.5, 0.6) is 0 Å². The van der Waals surface area contributed by atoms with Gasteiger partial charge in [0.15, 0.2) is 0 Å². The van der Waals surface area contributed by atoms with Crippen LogP contribution < -0.4 is 5.73 Å². The number of carbonyl (C=O) groups excluding carboxylic acids is 1. The first kappa shape index (κ1) is 13.5. The van der Waals surface area contributed by atoms with Crippen molar-refractivity contribution in [3.05, 3.63) is 52.6 Å². The second kappa shape index (κ2) is 5.36. The highest BCUT2D eigenvalue weighted by Gasteiger charge is 2.15. The molecule has 1 heterocycles. The predicted molar refractivity (Wildman–Crippen MR) is 75.4 cm³/mol. The van der Waals surface area contributed by atoms with Crippen molar-refractivity contribution in [2.24, 2.45) is 5.73 Å². The largest absolute Gasteiger partial charge is 0.335 e. The van der Waals surface area contributed by atoms with Crippen LogP contribution in [0.4, 0.5) is 0 Å². The van der Waals surface area contributed by atoms with Crippen LogP contribution in [-0.2, 0) is 6.54 Å². The van der Waals surface area contributed by atoms with Gasteiger partial charge in [-0.1, -0.05) is 6.07 Å². The molecule has 4 heteroatoms. The highest BCUT2D eigenvalue weighted by molar-refractivity contribution is 6.08. The topological polar surface area (TPSA) is 60.9 Å². The molecule has 100 valence electrons. The van der Waals surface area contributed by atoms with Crippen molar-refractivity contribution in [3.8, 4) is 0 Å². The van der Waals surface area contributed by atoms with Crippen LogP contribution in [-0.4, -0.2) is 21.9 Å². The third kappa shape index (κ3) is 2.74. The van der Waals surface area contributed by atoms with Gasteiger partial charge in [-0.05, 0) is 43.5 Å². The normalized spacial score (nSPS) is 10.7. The molecule has 2 rings (SSSR count). The number of rotatable bonds is 4. The lowest BCUT2D eigenvalue weighted by Crippen LogP contribution is -2.08. The fourth-order valence-electron chi connectivity index (χ4n) is 2.09. The van der Waals surface area contributed by atoms with E-state index < -0.39 is 0 Å². The number of carbonyl (C=O) groups is 1. The van der Waals surface area contributed by atoms with Crippen LogP contribution >= 0.6 is 0 Å². The molecule has 19 heavy (non-hydrogen) atoms. The summed E-state index contributed by atoms with van der Waals surface area (Å²) >= 11 is 0. The summed E-state index contributed by atoms with van der Waals surface area (Å²) in [4.78, 5) is 16.6. The standard InChI is InChI=1S/C15H19N3O/c1-10-6-12(3)13(7-11(10)2)15(19)14-8-18(5-4-16)9-17-14/h6-9H,4-5,16H2,1-3H3. The van der Waals surface area contributed by atoms with Gasteiger partial charge in [0.2, 0.25) is 5.78 Å². The van der Waals surface area contributed by atoms with Gasteiger partial charge in [-0.15, -0.1) is 0 Å². The lowest BCUT2D eigenvalue weighted by Gasteiger charge is -2.07. The Morgan fingerprint density at radius 1 is 1.21 bits per heavy atom. The second-order valence-electron chi connectivity index (χ2n) is 4.87. The molecular weight excluding hydrogens is 238 g/mol. The third-order valence-electron chi connectivity index (χ3n) is 3.34. The highest BCUT2D eigenvalue weighted by Crippen LogP contribution is 2.18. The van der Waals surface area contributed by atoms with Gasteiger partial charge < -0.3 is 10.3 Å². The first-order valence-electron chi connectivity index (χ1n) is 6.37. The Balaban J connectivity index is 2.35. The number of hydrogen-bond acceptors (Lipinski definition) is 3. The molecule has 1 aromatic carbocycles. The molecule has 0 aliphatic rings. The van der Waals surface area contributed by atoms with Crippen molar-refractivity contribution >= 4 is 5.78 Å². The number of benzene rings is 1. The van der Waals surface area contributed by atoms with E-state index in [9.17, 15) is 4.79 Å². The molecule has 0 aliphatic heterocycles. The molecule has 0 aliphatic carbocycles. The summed E-state index contributed by atoms with van der Waals surface area (Å²) in [5, 5.41) is 0. The first-order valence-corrected chi connectivity index (χ1v) is 6.37. The molecule has 0 unspecified atom stereocenters. The average Bonchev–Trinajstić information content (AvgIpc) is 2.82. The summed E-state index contributed by atoms with van der Waals surface area (Å²) < 4.78 is 1.84. The van der Waals surface area contributed by atoms with Gasteiger partial charge in [-0.2, -0.15) is 0 Å².